The fourth-order valence-corrected chi connectivity index (χ4v) is 3.60. The number of rotatable bonds is 6. The highest BCUT2D eigenvalue weighted by Gasteiger charge is 2.21. The van der Waals surface area contributed by atoms with Crippen molar-refractivity contribution in [2.45, 2.75) is 19.6 Å². The summed E-state index contributed by atoms with van der Waals surface area (Å²) in [5.74, 6) is 1.74. The number of benzene rings is 1. The molecule has 0 aliphatic carbocycles. The Balaban J connectivity index is 0.00000300. The Hall–Kier alpha value is -1.36. The molecule has 1 aliphatic heterocycles. The smallest absolute Gasteiger partial charge is 0.193 e. The summed E-state index contributed by atoms with van der Waals surface area (Å²) in [6.07, 6.45) is -0.0906. The van der Waals surface area contributed by atoms with Crippen LogP contribution in [0.4, 0.5) is 0 Å². The molecule has 0 radical (unpaired) electrons. The van der Waals surface area contributed by atoms with E-state index in [9.17, 15) is 0 Å². The van der Waals surface area contributed by atoms with Crippen LogP contribution in [0.15, 0.2) is 39.8 Å². The Morgan fingerprint density at radius 2 is 2.07 bits per heavy atom. The first-order chi connectivity index (χ1) is 13.6. The van der Waals surface area contributed by atoms with Gasteiger partial charge >= 0.3 is 0 Å². The summed E-state index contributed by atoms with van der Waals surface area (Å²) in [6, 6.07) is 9.76. The summed E-state index contributed by atoms with van der Waals surface area (Å²) in [5, 5.41) is 8.23. The second-order valence-corrected chi connectivity index (χ2v) is 7.34. The van der Waals surface area contributed by atoms with Gasteiger partial charge in [0.1, 0.15) is 5.76 Å². The minimum absolute atomic E-state index is 0. The molecular weight excluding hydrogens is 505 g/mol. The standard InChI is InChI=1S/C20H28ClN5O2.HI/c1-15-11-18(24-28-15)14-25-7-9-26(10-8-25)20(22-2)23-13-19(27-3)16-5-4-6-17(21)12-16;/h4-6,11-12,19H,7-10,13-14H2,1-3H3,(H,22,23);1H. The molecule has 1 aliphatic rings. The third kappa shape index (κ3) is 6.84. The highest BCUT2D eigenvalue weighted by Crippen LogP contribution is 2.20. The molecule has 0 spiro atoms. The molecule has 1 saturated heterocycles. The van der Waals surface area contributed by atoms with E-state index >= 15 is 0 Å². The maximum absolute atomic E-state index is 6.11. The maximum Gasteiger partial charge on any atom is 0.193 e. The van der Waals surface area contributed by atoms with Crippen LogP contribution in [-0.4, -0.2) is 67.8 Å². The number of aliphatic imine (C=N–C) groups is 1. The number of hydrogen-bond donors (Lipinski definition) is 1. The fourth-order valence-electron chi connectivity index (χ4n) is 3.40. The Labute approximate surface area is 194 Å². The molecule has 1 N–H and O–H groups in total. The van der Waals surface area contributed by atoms with E-state index in [1.54, 1.807) is 7.11 Å². The van der Waals surface area contributed by atoms with Gasteiger partial charge < -0.3 is 19.5 Å². The van der Waals surface area contributed by atoms with Crippen molar-refractivity contribution in [2.75, 3.05) is 46.9 Å². The second-order valence-electron chi connectivity index (χ2n) is 6.90. The monoisotopic (exact) mass is 533 g/mol. The van der Waals surface area contributed by atoms with Gasteiger partial charge in [-0.15, -0.1) is 24.0 Å². The zero-order valence-electron chi connectivity index (χ0n) is 17.1. The number of aryl methyl sites for hydroxylation is 1. The van der Waals surface area contributed by atoms with Gasteiger partial charge in [-0.1, -0.05) is 28.9 Å². The van der Waals surface area contributed by atoms with E-state index < -0.39 is 0 Å². The predicted molar refractivity (Wildman–Crippen MR) is 126 cm³/mol. The van der Waals surface area contributed by atoms with Crippen molar-refractivity contribution in [2.24, 2.45) is 4.99 Å². The zero-order chi connectivity index (χ0) is 19.9. The van der Waals surface area contributed by atoms with Gasteiger partial charge in [-0.2, -0.15) is 0 Å². The second kappa shape index (κ2) is 11.7. The molecule has 1 atom stereocenters. The summed E-state index contributed by atoms with van der Waals surface area (Å²) < 4.78 is 10.8. The highest BCUT2D eigenvalue weighted by molar-refractivity contribution is 14.0. The normalized spacial score (nSPS) is 16.4. The lowest BCUT2D eigenvalue weighted by Gasteiger charge is -2.36. The molecule has 2 aromatic rings. The number of aromatic nitrogens is 1. The first kappa shape index (κ1) is 23.9. The number of halogens is 2. The minimum Gasteiger partial charge on any atom is -0.375 e. The zero-order valence-corrected chi connectivity index (χ0v) is 20.2. The van der Waals surface area contributed by atoms with Crippen molar-refractivity contribution in [1.82, 2.24) is 20.3 Å². The topological polar surface area (TPSA) is 66.1 Å². The fraction of sp³-hybridized carbons (Fsp3) is 0.500. The van der Waals surface area contributed by atoms with Gasteiger partial charge in [0, 0.05) is 64.5 Å². The van der Waals surface area contributed by atoms with Gasteiger partial charge in [-0.05, 0) is 24.6 Å². The number of guanidine groups is 1. The molecule has 0 bridgehead atoms. The van der Waals surface area contributed by atoms with Crippen molar-refractivity contribution < 1.29 is 9.26 Å². The number of nitrogens with one attached hydrogen (secondary N) is 1. The first-order valence-electron chi connectivity index (χ1n) is 9.47. The van der Waals surface area contributed by atoms with E-state index in [4.69, 9.17) is 20.9 Å². The predicted octanol–water partition coefficient (Wildman–Crippen LogP) is 3.34. The van der Waals surface area contributed by atoms with Crippen LogP contribution in [0.1, 0.15) is 23.1 Å². The molecule has 160 valence electrons. The summed E-state index contributed by atoms with van der Waals surface area (Å²) in [6.45, 7) is 7.08. The lowest BCUT2D eigenvalue weighted by Crippen LogP contribution is -2.52. The molecule has 29 heavy (non-hydrogen) atoms. The first-order valence-corrected chi connectivity index (χ1v) is 9.85. The van der Waals surface area contributed by atoms with Crippen LogP contribution in [-0.2, 0) is 11.3 Å². The molecule has 9 heteroatoms. The third-order valence-electron chi connectivity index (χ3n) is 4.90. The molecule has 3 rings (SSSR count). The van der Waals surface area contributed by atoms with Crippen LogP contribution in [0.5, 0.6) is 0 Å². The lowest BCUT2D eigenvalue weighted by atomic mass is 10.1. The van der Waals surface area contributed by atoms with Gasteiger partial charge in [0.25, 0.3) is 0 Å². The molecule has 1 aromatic carbocycles. The summed E-state index contributed by atoms with van der Waals surface area (Å²) >= 11 is 6.11. The maximum atomic E-state index is 6.11. The molecule has 2 heterocycles. The number of ether oxygens (including phenoxy) is 1. The molecular formula is C20H29ClIN5O2. The van der Waals surface area contributed by atoms with Crippen LogP contribution < -0.4 is 5.32 Å². The van der Waals surface area contributed by atoms with Crippen LogP contribution in [0.25, 0.3) is 0 Å². The lowest BCUT2D eigenvalue weighted by molar-refractivity contribution is 0.105. The van der Waals surface area contributed by atoms with E-state index in [-0.39, 0.29) is 30.1 Å². The highest BCUT2D eigenvalue weighted by atomic mass is 127. The summed E-state index contributed by atoms with van der Waals surface area (Å²) in [4.78, 5) is 9.10. The largest absolute Gasteiger partial charge is 0.375 e. The average Bonchev–Trinajstić information content (AvgIpc) is 3.11. The summed E-state index contributed by atoms with van der Waals surface area (Å²) in [7, 11) is 3.52. The van der Waals surface area contributed by atoms with Gasteiger partial charge in [0.15, 0.2) is 5.96 Å². The number of methoxy groups -OCH3 is 1. The summed E-state index contributed by atoms with van der Waals surface area (Å²) in [5.41, 5.74) is 2.03. The number of nitrogens with zero attached hydrogens (tertiary/aromatic N) is 4. The molecule has 1 aromatic heterocycles. The Kier molecular flexibility index (Phi) is 9.67. The van der Waals surface area contributed by atoms with Crippen molar-refractivity contribution in [3.8, 4) is 0 Å². The van der Waals surface area contributed by atoms with E-state index in [0.29, 0.717) is 11.6 Å². The van der Waals surface area contributed by atoms with Crippen molar-refractivity contribution >= 4 is 41.5 Å². The number of hydrogen-bond acceptors (Lipinski definition) is 5. The molecule has 1 unspecified atom stereocenters. The molecule has 1 fully saturated rings. The quantitative estimate of drug-likeness (QED) is 0.349. The average molecular weight is 534 g/mol. The van der Waals surface area contributed by atoms with E-state index in [1.807, 2.05) is 44.3 Å². The van der Waals surface area contributed by atoms with Crippen LogP contribution >= 0.6 is 35.6 Å². The number of piperazine rings is 1. The van der Waals surface area contributed by atoms with Crippen molar-refractivity contribution in [1.29, 1.82) is 0 Å². The molecule has 7 nitrogen and oxygen atoms in total. The van der Waals surface area contributed by atoms with E-state index in [0.717, 1.165) is 55.7 Å². The Morgan fingerprint density at radius 1 is 1.31 bits per heavy atom. The van der Waals surface area contributed by atoms with Gasteiger partial charge in [-0.25, -0.2) is 0 Å². The van der Waals surface area contributed by atoms with Crippen molar-refractivity contribution in [3.63, 3.8) is 0 Å². The van der Waals surface area contributed by atoms with Gasteiger partial charge in [-0.3, -0.25) is 9.89 Å². The van der Waals surface area contributed by atoms with Gasteiger partial charge in [0.2, 0.25) is 0 Å². The molecule has 0 saturated carbocycles. The molecule has 0 amide bonds. The Bertz CT molecular complexity index is 793. The van der Waals surface area contributed by atoms with E-state index in [1.165, 1.54) is 0 Å². The Morgan fingerprint density at radius 3 is 2.66 bits per heavy atom. The third-order valence-corrected chi connectivity index (χ3v) is 5.13. The van der Waals surface area contributed by atoms with Crippen LogP contribution in [0, 0.1) is 6.92 Å². The van der Waals surface area contributed by atoms with Gasteiger partial charge in [0.05, 0.1) is 11.8 Å². The van der Waals surface area contributed by atoms with Crippen LogP contribution in [0.2, 0.25) is 5.02 Å². The van der Waals surface area contributed by atoms with E-state index in [2.05, 4.69) is 25.3 Å². The minimum atomic E-state index is -0.0906. The van der Waals surface area contributed by atoms with Crippen LogP contribution in [0.3, 0.4) is 0 Å². The van der Waals surface area contributed by atoms with Crippen molar-refractivity contribution in [3.05, 3.63) is 52.4 Å². The SMILES string of the molecule is CN=C(NCC(OC)c1cccc(Cl)c1)N1CCN(Cc2cc(C)on2)CC1.I.